The topological polar surface area (TPSA) is 26.0 Å². The first-order valence-electron chi connectivity index (χ1n) is 5.32. The molecule has 0 radical (unpaired) electrons. The summed E-state index contributed by atoms with van der Waals surface area (Å²) in [5, 5.41) is 0.735. The maximum atomic E-state index is 6.13. The fourth-order valence-corrected chi connectivity index (χ4v) is 3.18. The second-order valence-corrected chi connectivity index (χ2v) is 5.14. The molecule has 0 bridgehead atoms. The molecule has 1 fully saturated rings. The Bertz CT molecular complexity index is 141. The van der Waals surface area contributed by atoms with Crippen molar-refractivity contribution in [2.24, 2.45) is 5.73 Å². The lowest BCUT2D eigenvalue weighted by Gasteiger charge is -2.26. The lowest BCUT2D eigenvalue weighted by atomic mass is 10.0. The van der Waals surface area contributed by atoms with E-state index in [4.69, 9.17) is 5.73 Å². The van der Waals surface area contributed by atoms with Crippen molar-refractivity contribution in [2.75, 3.05) is 5.75 Å². The average Bonchev–Trinajstić information content (AvgIpc) is 2.19. The van der Waals surface area contributed by atoms with E-state index in [2.05, 4.69) is 18.3 Å². The van der Waals surface area contributed by atoms with Gasteiger partial charge in [0.1, 0.15) is 0 Å². The van der Waals surface area contributed by atoms with E-state index in [9.17, 15) is 0 Å². The van der Waals surface area contributed by atoms with Crippen molar-refractivity contribution in [3.8, 4) is 0 Å². The second-order valence-electron chi connectivity index (χ2n) is 3.79. The number of thioether (sulfide) groups is 1. The molecule has 0 aromatic rings. The van der Waals surface area contributed by atoms with Gasteiger partial charge in [0.25, 0.3) is 0 Å². The van der Waals surface area contributed by atoms with Gasteiger partial charge < -0.3 is 5.73 Å². The molecule has 13 heavy (non-hydrogen) atoms. The van der Waals surface area contributed by atoms with Gasteiger partial charge in [-0.3, -0.25) is 0 Å². The van der Waals surface area contributed by atoms with Gasteiger partial charge in [0.15, 0.2) is 0 Å². The van der Waals surface area contributed by atoms with E-state index < -0.39 is 0 Å². The van der Waals surface area contributed by atoms with Crippen molar-refractivity contribution in [1.82, 2.24) is 0 Å². The third kappa shape index (κ3) is 4.19. The third-order valence-electron chi connectivity index (χ3n) is 2.64. The fourth-order valence-electron chi connectivity index (χ4n) is 1.79. The first-order chi connectivity index (χ1) is 6.34. The van der Waals surface area contributed by atoms with Gasteiger partial charge in [0.2, 0.25) is 0 Å². The minimum atomic E-state index is 0.422. The first-order valence-corrected chi connectivity index (χ1v) is 6.37. The fraction of sp³-hybridized carbons (Fsp3) is 0.818. The Hall–Kier alpha value is 0.0500. The first kappa shape index (κ1) is 11.1. The molecule has 0 aromatic heterocycles. The zero-order chi connectivity index (χ0) is 9.52. The Balaban J connectivity index is 2.13. The van der Waals surface area contributed by atoms with Crippen molar-refractivity contribution < 1.29 is 0 Å². The third-order valence-corrected chi connectivity index (χ3v) is 4.18. The molecule has 1 rings (SSSR count). The van der Waals surface area contributed by atoms with Crippen LogP contribution in [0.25, 0.3) is 0 Å². The summed E-state index contributed by atoms with van der Waals surface area (Å²) in [5.41, 5.74) is 6.13. The van der Waals surface area contributed by atoms with Crippen molar-refractivity contribution in [1.29, 1.82) is 0 Å². The van der Waals surface area contributed by atoms with Crippen LogP contribution >= 0.6 is 11.8 Å². The average molecular weight is 199 g/mol. The van der Waals surface area contributed by atoms with Crippen LogP contribution in [-0.4, -0.2) is 17.0 Å². The number of rotatable bonds is 5. The lowest BCUT2D eigenvalue weighted by molar-refractivity contribution is 0.519. The Morgan fingerprint density at radius 3 is 3.00 bits per heavy atom. The van der Waals surface area contributed by atoms with E-state index in [1.165, 1.54) is 37.9 Å². The van der Waals surface area contributed by atoms with E-state index in [0.717, 1.165) is 11.7 Å². The van der Waals surface area contributed by atoms with Gasteiger partial charge in [-0.2, -0.15) is 11.8 Å². The molecule has 0 aromatic carbocycles. The maximum Gasteiger partial charge on any atom is 0.0199 e. The van der Waals surface area contributed by atoms with Gasteiger partial charge in [-0.25, -0.2) is 0 Å². The highest BCUT2D eigenvalue weighted by molar-refractivity contribution is 8.00. The van der Waals surface area contributed by atoms with Crippen molar-refractivity contribution >= 4 is 11.8 Å². The molecule has 1 heterocycles. The molecule has 1 aliphatic rings. The van der Waals surface area contributed by atoms with E-state index in [0.29, 0.717) is 6.04 Å². The van der Waals surface area contributed by atoms with Crippen LogP contribution in [0.2, 0.25) is 0 Å². The van der Waals surface area contributed by atoms with Crippen LogP contribution < -0.4 is 5.73 Å². The summed E-state index contributed by atoms with van der Waals surface area (Å²) in [7, 11) is 0. The number of hydrogen-bond donors (Lipinski definition) is 1. The van der Waals surface area contributed by atoms with Gasteiger partial charge >= 0.3 is 0 Å². The van der Waals surface area contributed by atoms with Crippen LogP contribution in [0.1, 0.15) is 38.5 Å². The van der Waals surface area contributed by atoms with Gasteiger partial charge in [-0.15, -0.1) is 6.58 Å². The molecular weight excluding hydrogens is 178 g/mol. The van der Waals surface area contributed by atoms with Gasteiger partial charge in [0.05, 0.1) is 0 Å². The normalized spacial score (nSPS) is 25.5. The summed E-state index contributed by atoms with van der Waals surface area (Å²) in [6, 6.07) is 0.422. The minimum absolute atomic E-state index is 0.422. The van der Waals surface area contributed by atoms with Crippen LogP contribution in [0.5, 0.6) is 0 Å². The van der Waals surface area contributed by atoms with E-state index >= 15 is 0 Å². The Morgan fingerprint density at radius 2 is 2.38 bits per heavy atom. The quantitative estimate of drug-likeness (QED) is 0.544. The summed E-state index contributed by atoms with van der Waals surface area (Å²) in [6.45, 7) is 3.72. The Morgan fingerprint density at radius 1 is 1.54 bits per heavy atom. The summed E-state index contributed by atoms with van der Waals surface area (Å²) < 4.78 is 0. The van der Waals surface area contributed by atoms with Gasteiger partial charge in [-0.1, -0.05) is 12.5 Å². The van der Waals surface area contributed by atoms with Crippen LogP contribution in [0.4, 0.5) is 0 Å². The summed E-state index contributed by atoms with van der Waals surface area (Å²) >= 11 is 2.08. The zero-order valence-corrected chi connectivity index (χ0v) is 9.19. The standard InChI is InChI=1S/C11H21NS/c1-2-3-4-7-10(12)11-8-5-6-9-13-11/h2,10-11H,1,3-9,12H2. The number of unbranched alkanes of at least 4 members (excludes halogenated alkanes) is 1. The molecule has 2 N–H and O–H groups in total. The molecule has 0 saturated carbocycles. The van der Waals surface area contributed by atoms with Crippen LogP contribution in [-0.2, 0) is 0 Å². The van der Waals surface area contributed by atoms with Crippen LogP contribution in [0.3, 0.4) is 0 Å². The van der Waals surface area contributed by atoms with Gasteiger partial charge in [-0.05, 0) is 37.9 Å². The van der Waals surface area contributed by atoms with E-state index in [1.54, 1.807) is 0 Å². The van der Waals surface area contributed by atoms with Gasteiger partial charge in [0, 0.05) is 11.3 Å². The molecule has 1 aliphatic heterocycles. The summed E-state index contributed by atoms with van der Waals surface area (Å²) in [5.74, 6) is 1.32. The molecule has 76 valence electrons. The maximum absolute atomic E-state index is 6.13. The molecule has 0 spiro atoms. The van der Waals surface area contributed by atoms with E-state index in [-0.39, 0.29) is 0 Å². The molecule has 0 amide bonds. The van der Waals surface area contributed by atoms with Crippen molar-refractivity contribution in [3.63, 3.8) is 0 Å². The monoisotopic (exact) mass is 199 g/mol. The number of hydrogen-bond acceptors (Lipinski definition) is 2. The SMILES string of the molecule is C=CCCCC(N)C1CCCCS1. The molecule has 1 saturated heterocycles. The lowest BCUT2D eigenvalue weighted by Crippen LogP contribution is -2.34. The van der Waals surface area contributed by atoms with Crippen molar-refractivity contribution in [2.45, 2.75) is 49.8 Å². The van der Waals surface area contributed by atoms with Crippen LogP contribution in [0, 0.1) is 0 Å². The van der Waals surface area contributed by atoms with E-state index in [1.807, 2.05) is 6.08 Å². The summed E-state index contributed by atoms with van der Waals surface area (Å²) in [6.07, 6.45) is 9.59. The highest BCUT2D eigenvalue weighted by atomic mass is 32.2. The predicted octanol–water partition coefficient (Wildman–Crippen LogP) is 2.96. The molecule has 0 aliphatic carbocycles. The van der Waals surface area contributed by atoms with Crippen molar-refractivity contribution in [3.05, 3.63) is 12.7 Å². The molecular formula is C11H21NS. The minimum Gasteiger partial charge on any atom is -0.327 e. The molecule has 2 heteroatoms. The highest BCUT2D eigenvalue weighted by Gasteiger charge is 2.20. The summed E-state index contributed by atoms with van der Waals surface area (Å²) in [4.78, 5) is 0. The molecule has 2 atom stereocenters. The number of nitrogens with two attached hydrogens (primary N) is 1. The smallest absolute Gasteiger partial charge is 0.0199 e. The largest absolute Gasteiger partial charge is 0.327 e. The highest BCUT2D eigenvalue weighted by Crippen LogP contribution is 2.28. The molecule has 1 nitrogen and oxygen atoms in total. The Labute approximate surface area is 86.2 Å². The second kappa shape index (κ2) is 6.50. The van der Waals surface area contributed by atoms with Crippen LogP contribution in [0.15, 0.2) is 12.7 Å². The Kier molecular flexibility index (Phi) is 5.56. The molecule has 2 unspecified atom stereocenters. The zero-order valence-electron chi connectivity index (χ0n) is 8.37. The predicted molar refractivity (Wildman–Crippen MR) is 62.1 cm³/mol. The number of allylic oxidation sites excluding steroid dienone is 1.